The molecule has 17 heavy (non-hydrogen) atoms. The molecule has 2 N–H and O–H groups in total. The molecule has 3 atom stereocenters. The highest BCUT2D eigenvalue weighted by molar-refractivity contribution is 7.98. The molecule has 5 nitrogen and oxygen atoms in total. The van der Waals surface area contributed by atoms with Crippen molar-refractivity contribution >= 4 is 23.6 Å². The summed E-state index contributed by atoms with van der Waals surface area (Å²) in [5.74, 6) is -0.316. The van der Waals surface area contributed by atoms with Gasteiger partial charge in [-0.2, -0.15) is 11.8 Å². The number of hydrogen-bond acceptors (Lipinski definition) is 4. The molecule has 1 aliphatic rings. The van der Waals surface area contributed by atoms with Crippen LogP contribution in [0.1, 0.15) is 26.2 Å². The molecule has 1 heterocycles. The summed E-state index contributed by atoms with van der Waals surface area (Å²) < 4.78 is 5.19. The van der Waals surface area contributed by atoms with Crippen LogP contribution in [0.25, 0.3) is 0 Å². The first kappa shape index (κ1) is 14.3. The number of carboxylic acids is 1. The largest absolute Gasteiger partial charge is 0.479 e. The van der Waals surface area contributed by atoms with Crippen molar-refractivity contribution < 1.29 is 19.4 Å². The molecule has 0 radical (unpaired) electrons. The van der Waals surface area contributed by atoms with E-state index >= 15 is 0 Å². The van der Waals surface area contributed by atoms with Crippen LogP contribution in [0.4, 0.5) is 0 Å². The van der Waals surface area contributed by atoms with E-state index in [1.54, 1.807) is 11.8 Å². The maximum absolute atomic E-state index is 11.8. The van der Waals surface area contributed by atoms with Crippen LogP contribution in [0.3, 0.4) is 0 Å². The van der Waals surface area contributed by atoms with Gasteiger partial charge in [-0.15, -0.1) is 0 Å². The van der Waals surface area contributed by atoms with E-state index in [0.29, 0.717) is 12.8 Å². The topological polar surface area (TPSA) is 75.6 Å². The number of nitrogens with one attached hydrogen (secondary N) is 1. The molecule has 0 aromatic rings. The Bertz CT molecular complexity index is 285. The molecule has 0 aromatic heterocycles. The molecule has 1 fully saturated rings. The highest BCUT2D eigenvalue weighted by atomic mass is 32.2. The average Bonchev–Trinajstić information content (AvgIpc) is 2.77. The van der Waals surface area contributed by atoms with Crippen LogP contribution in [-0.4, -0.2) is 47.2 Å². The number of hydrogen-bond donors (Lipinski definition) is 2. The fourth-order valence-corrected chi connectivity index (χ4v) is 2.49. The van der Waals surface area contributed by atoms with Crippen LogP contribution >= 0.6 is 11.8 Å². The highest BCUT2D eigenvalue weighted by Gasteiger charge is 2.35. The number of aliphatic carboxylic acids is 1. The number of carboxylic acid groups (broad SMARTS) is 1. The van der Waals surface area contributed by atoms with Crippen molar-refractivity contribution in [2.75, 3.05) is 12.0 Å². The Morgan fingerprint density at radius 1 is 1.47 bits per heavy atom. The smallest absolute Gasteiger partial charge is 0.332 e. The predicted molar refractivity (Wildman–Crippen MR) is 66.1 cm³/mol. The lowest BCUT2D eigenvalue weighted by atomic mass is 10.1. The zero-order valence-electron chi connectivity index (χ0n) is 10.1. The van der Waals surface area contributed by atoms with E-state index in [1.165, 1.54) is 0 Å². The molecule has 0 bridgehead atoms. The molecule has 1 rings (SSSR count). The zero-order chi connectivity index (χ0) is 12.8. The van der Waals surface area contributed by atoms with Gasteiger partial charge in [-0.3, -0.25) is 4.79 Å². The standard InChI is InChI=1S/C11H19NO4S/c1-3-7(6-17-2)12-10(13)8-4-5-9(16-8)11(14)15/h7-9H,3-6H2,1-2H3,(H,12,13)(H,14,15). The van der Waals surface area contributed by atoms with E-state index in [0.717, 1.165) is 12.2 Å². The van der Waals surface area contributed by atoms with Gasteiger partial charge in [0.05, 0.1) is 0 Å². The maximum atomic E-state index is 11.8. The Labute approximate surface area is 105 Å². The van der Waals surface area contributed by atoms with Crippen LogP contribution in [0.15, 0.2) is 0 Å². The minimum atomic E-state index is -0.989. The van der Waals surface area contributed by atoms with Crippen molar-refractivity contribution in [3.05, 3.63) is 0 Å². The quantitative estimate of drug-likeness (QED) is 0.742. The van der Waals surface area contributed by atoms with Crippen LogP contribution in [-0.2, 0) is 14.3 Å². The third-order valence-electron chi connectivity index (χ3n) is 2.79. The average molecular weight is 261 g/mol. The van der Waals surface area contributed by atoms with Crippen LogP contribution in [0.5, 0.6) is 0 Å². The minimum absolute atomic E-state index is 0.130. The summed E-state index contributed by atoms with van der Waals surface area (Å²) in [5.41, 5.74) is 0. The van der Waals surface area contributed by atoms with Crippen molar-refractivity contribution in [2.45, 2.75) is 44.4 Å². The van der Waals surface area contributed by atoms with Crippen molar-refractivity contribution in [1.82, 2.24) is 5.32 Å². The lowest BCUT2D eigenvalue weighted by Crippen LogP contribution is -2.42. The molecular formula is C11H19NO4S. The maximum Gasteiger partial charge on any atom is 0.332 e. The van der Waals surface area contributed by atoms with Gasteiger partial charge in [0.15, 0.2) is 6.10 Å². The molecule has 98 valence electrons. The van der Waals surface area contributed by atoms with Crippen LogP contribution < -0.4 is 5.32 Å². The van der Waals surface area contributed by atoms with Gasteiger partial charge >= 0.3 is 5.97 Å². The number of thioether (sulfide) groups is 1. The van der Waals surface area contributed by atoms with E-state index in [-0.39, 0.29) is 11.9 Å². The second kappa shape index (κ2) is 6.86. The van der Waals surface area contributed by atoms with E-state index in [4.69, 9.17) is 9.84 Å². The third kappa shape index (κ3) is 4.20. The summed E-state index contributed by atoms with van der Waals surface area (Å²) >= 11 is 1.67. The van der Waals surface area contributed by atoms with Gasteiger partial charge in [-0.25, -0.2) is 4.79 Å². The van der Waals surface area contributed by atoms with Crippen molar-refractivity contribution in [1.29, 1.82) is 0 Å². The summed E-state index contributed by atoms with van der Waals surface area (Å²) in [6, 6.07) is 0.130. The first-order valence-corrected chi connectivity index (χ1v) is 7.15. The van der Waals surface area contributed by atoms with Gasteiger partial charge in [0.2, 0.25) is 5.91 Å². The minimum Gasteiger partial charge on any atom is -0.479 e. The second-order valence-corrected chi connectivity index (χ2v) is 5.01. The fourth-order valence-electron chi connectivity index (χ4n) is 1.77. The van der Waals surface area contributed by atoms with Crippen LogP contribution in [0.2, 0.25) is 0 Å². The Hall–Kier alpha value is -0.750. The normalized spacial score (nSPS) is 25.5. The number of rotatable bonds is 6. The summed E-state index contributed by atoms with van der Waals surface area (Å²) in [7, 11) is 0. The van der Waals surface area contributed by atoms with E-state index in [9.17, 15) is 9.59 Å². The molecular weight excluding hydrogens is 242 g/mol. The van der Waals surface area contributed by atoms with E-state index < -0.39 is 18.2 Å². The van der Waals surface area contributed by atoms with Crippen molar-refractivity contribution in [3.63, 3.8) is 0 Å². The zero-order valence-corrected chi connectivity index (χ0v) is 11.0. The van der Waals surface area contributed by atoms with Gasteiger partial charge in [-0.1, -0.05) is 6.92 Å². The lowest BCUT2D eigenvalue weighted by Gasteiger charge is -2.18. The highest BCUT2D eigenvalue weighted by Crippen LogP contribution is 2.20. The first-order chi connectivity index (χ1) is 8.08. The fraction of sp³-hybridized carbons (Fsp3) is 0.818. The molecule has 1 amide bonds. The number of ether oxygens (including phenoxy) is 1. The SMILES string of the molecule is CCC(CSC)NC(=O)C1CCC(C(=O)O)O1. The van der Waals surface area contributed by atoms with E-state index in [2.05, 4.69) is 5.32 Å². The number of amides is 1. The predicted octanol–water partition coefficient (Wildman–Crippen LogP) is 0.876. The molecule has 0 spiro atoms. The second-order valence-electron chi connectivity index (χ2n) is 4.10. The van der Waals surface area contributed by atoms with Gasteiger partial charge in [0.1, 0.15) is 6.10 Å². The molecule has 0 saturated carbocycles. The van der Waals surface area contributed by atoms with Crippen LogP contribution in [0, 0.1) is 0 Å². The summed E-state index contributed by atoms with van der Waals surface area (Å²) in [5, 5.41) is 11.7. The van der Waals surface area contributed by atoms with Crippen molar-refractivity contribution in [2.24, 2.45) is 0 Å². The van der Waals surface area contributed by atoms with Crippen molar-refractivity contribution in [3.8, 4) is 0 Å². The van der Waals surface area contributed by atoms with Gasteiger partial charge in [0, 0.05) is 11.8 Å². The van der Waals surface area contributed by atoms with Gasteiger partial charge in [0.25, 0.3) is 0 Å². The molecule has 1 saturated heterocycles. The Balaban J connectivity index is 2.41. The lowest BCUT2D eigenvalue weighted by molar-refractivity contribution is -0.151. The molecule has 0 aromatic carbocycles. The van der Waals surface area contributed by atoms with Gasteiger partial charge in [-0.05, 0) is 25.5 Å². The summed E-state index contributed by atoms with van der Waals surface area (Å²) in [4.78, 5) is 22.5. The van der Waals surface area contributed by atoms with E-state index in [1.807, 2.05) is 13.2 Å². The third-order valence-corrected chi connectivity index (χ3v) is 3.53. The number of carbonyl (C=O) groups excluding carboxylic acids is 1. The number of carbonyl (C=O) groups is 2. The summed E-state index contributed by atoms with van der Waals surface area (Å²) in [6.45, 7) is 2.01. The van der Waals surface area contributed by atoms with Gasteiger partial charge < -0.3 is 15.2 Å². The Morgan fingerprint density at radius 3 is 2.59 bits per heavy atom. The monoisotopic (exact) mass is 261 g/mol. The first-order valence-electron chi connectivity index (χ1n) is 5.76. The Kier molecular flexibility index (Phi) is 5.77. The summed E-state index contributed by atoms with van der Waals surface area (Å²) in [6.07, 6.45) is 2.31. The molecule has 0 aliphatic carbocycles. The molecule has 3 unspecified atom stereocenters. The molecule has 1 aliphatic heterocycles. The molecule has 6 heteroatoms. The Morgan fingerprint density at radius 2 is 2.12 bits per heavy atom.